The summed E-state index contributed by atoms with van der Waals surface area (Å²) in [5.74, 6) is 2.56. The van der Waals surface area contributed by atoms with Gasteiger partial charge in [0.1, 0.15) is 5.76 Å². The molecule has 128 valence electrons. The second-order valence-electron chi connectivity index (χ2n) is 6.05. The summed E-state index contributed by atoms with van der Waals surface area (Å²) in [4.78, 5) is 10.1. The summed E-state index contributed by atoms with van der Waals surface area (Å²) in [5, 5.41) is 6.09. The second kappa shape index (κ2) is 6.66. The molecule has 6 nitrogen and oxygen atoms in total. The molecule has 1 fully saturated rings. The summed E-state index contributed by atoms with van der Waals surface area (Å²) < 4.78 is 11.1. The maximum atomic E-state index is 6.37. The fraction of sp³-hybridized carbons (Fsp3) is 0.438. The Balaban J connectivity index is 0.00000169. The van der Waals surface area contributed by atoms with Crippen molar-refractivity contribution < 1.29 is 8.94 Å². The highest BCUT2D eigenvalue weighted by Gasteiger charge is 2.36. The maximum Gasteiger partial charge on any atom is 0.236 e. The van der Waals surface area contributed by atoms with Crippen LogP contribution in [0.4, 0.5) is 0 Å². The van der Waals surface area contributed by atoms with Gasteiger partial charge in [-0.25, -0.2) is 4.98 Å². The van der Waals surface area contributed by atoms with E-state index in [1.165, 1.54) is 0 Å². The lowest BCUT2D eigenvalue weighted by molar-refractivity contribution is 0.351. The Labute approximate surface area is 149 Å². The zero-order chi connectivity index (χ0) is 15.9. The first-order valence-electron chi connectivity index (χ1n) is 7.76. The van der Waals surface area contributed by atoms with E-state index < -0.39 is 5.54 Å². The standard InChI is InChI=1S/C16H18N4O2S.ClH/c1-10-11(18-14(21-10)12-5-4-8-23-12)9-13-19-15(20-22-13)16(17)6-2-3-7-16;/h4-5,8H,2-3,6-7,9,17H2,1H3;1H. The van der Waals surface area contributed by atoms with Gasteiger partial charge in [0, 0.05) is 0 Å². The van der Waals surface area contributed by atoms with E-state index in [2.05, 4.69) is 15.1 Å². The van der Waals surface area contributed by atoms with Gasteiger partial charge in [-0.15, -0.1) is 23.7 Å². The molecule has 0 aliphatic heterocycles. The Morgan fingerprint density at radius 2 is 2.08 bits per heavy atom. The molecular weight excluding hydrogens is 348 g/mol. The molecule has 0 bridgehead atoms. The Hall–Kier alpha value is -1.70. The van der Waals surface area contributed by atoms with Gasteiger partial charge >= 0.3 is 0 Å². The van der Waals surface area contributed by atoms with Crippen LogP contribution < -0.4 is 5.73 Å². The van der Waals surface area contributed by atoms with Gasteiger partial charge in [0.2, 0.25) is 11.8 Å². The fourth-order valence-corrected chi connectivity index (χ4v) is 3.65. The molecule has 0 atom stereocenters. The van der Waals surface area contributed by atoms with Gasteiger partial charge in [-0.05, 0) is 31.2 Å². The van der Waals surface area contributed by atoms with Crippen molar-refractivity contribution >= 4 is 23.7 Å². The average Bonchev–Trinajstić information content (AvgIpc) is 3.28. The normalized spacial score (nSPS) is 16.2. The van der Waals surface area contributed by atoms with Gasteiger partial charge in [0.05, 0.1) is 22.5 Å². The molecular formula is C16H19ClN4O2S. The minimum Gasteiger partial charge on any atom is -0.440 e. The van der Waals surface area contributed by atoms with Crippen molar-refractivity contribution in [3.63, 3.8) is 0 Å². The van der Waals surface area contributed by atoms with Crippen LogP contribution in [0.15, 0.2) is 26.5 Å². The number of rotatable bonds is 4. The van der Waals surface area contributed by atoms with Crippen LogP contribution in [0.25, 0.3) is 10.8 Å². The largest absolute Gasteiger partial charge is 0.440 e. The monoisotopic (exact) mass is 366 g/mol. The predicted molar refractivity (Wildman–Crippen MR) is 93.2 cm³/mol. The summed E-state index contributed by atoms with van der Waals surface area (Å²) in [6, 6.07) is 3.97. The number of nitrogens with two attached hydrogens (primary N) is 1. The van der Waals surface area contributed by atoms with E-state index in [-0.39, 0.29) is 12.4 Å². The molecule has 24 heavy (non-hydrogen) atoms. The second-order valence-corrected chi connectivity index (χ2v) is 7.00. The number of aryl methyl sites for hydroxylation is 1. The van der Waals surface area contributed by atoms with E-state index in [0.717, 1.165) is 42.0 Å². The highest BCUT2D eigenvalue weighted by atomic mass is 35.5. The molecule has 0 saturated heterocycles. The first-order chi connectivity index (χ1) is 11.1. The van der Waals surface area contributed by atoms with Crippen molar-refractivity contribution in [3.8, 4) is 10.8 Å². The molecule has 0 spiro atoms. The van der Waals surface area contributed by atoms with Crippen LogP contribution in [-0.2, 0) is 12.0 Å². The van der Waals surface area contributed by atoms with Gasteiger partial charge in [-0.3, -0.25) is 0 Å². The number of halogens is 1. The van der Waals surface area contributed by atoms with Crippen LogP contribution in [0.1, 0.15) is 48.9 Å². The van der Waals surface area contributed by atoms with E-state index in [4.69, 9.17) is 14.7 Å². The molecule has 3 heterocycles. The van der Waals surface area contributed by atoms with Crippen LogP contribution in [0.2, 0.25) is 0 Å². The molecule has 1 aliphatic rings. The fourth-order valence-electron chi connectivity index (χ4n) is 3.00. The number of oxazole rings is 1. The molecule has 1 saturated carbocycles. The van der Waals surface area contributed by atoms with Crippen LogP contribution in [0.3, 0.4) is 0 Å². The number of thiophene rings is 1. The Bertz CT molecular complexity index is 806. The molecule has 3 aromatic heterocycles. The Morgan fingerprint density at radius 3 is 2.79 bits per heavy atom. The van der Waals surface area contributed by atoms with Crippen LogP contribution in [-0.4, -0.2) is 15.1 Å². The van der Waals surface area contributed by atoms with Crippen molar-refractivity contribution in [1.82, 2.24) is 15.1 Å². The van der Waals surface area contributed by atoms with Crippen molar-refractivity contribution in [2.24, 2.45) is 5.73 Å². The summed E-state index contributed by atoms with van der Waals surface area (Å²) in [6.45, 7) is 1.90. The molecule has 0 amide bonds. The summed E-state index contributed by atoms with van der Waals surface area (Å²) in [7, 11) is 0. The van der Waals surface area contributed by atoms with Crippen molar-refractivity contribution in [1.29, 1.82) is 0 Å². The molecule has 2 N–H and O–H groups in total. The topological polar surface area (TPSA) is 91.0 Å². The third kappa shape index (κ3) is 3.11. The summed E-state index contributed by atoms with van der Waals surface area (Å²) >= 11 is 1.60. The zero-order valence-electron chi connectivity index (χ0n) is 13.3. The molecule has 3 aromatic rings. The SMILES string of the molecule is Cc1oc(-c2cccs2)nc1Cc1nc(C2(N)CCCC2)no1.Cl. The molecule has 1 aliphatic carbocycles. The minimum absolute atomic E-state index is 0. The number of aromatic nitrogens is 3. The third-order valence-electron chi connectivity index (χ3n) is 4.35. The highest BCUT2D eigenvalue weighted by Crippen LogP contribution is 2.34. The van der Waals surface area contributed by atoms with E-state index >= 15 is 0 Å². The molecule has 0 unspecified atom stereocenters. The Kier molecular flexibility index (Phi) is 4.76. The lowest BCUT2D eigenvalue weighted by Crippen LogP contribution is -2.34. The first-order valence-corrected chi connectivity index (χ1v) is 8.64. The number of hydrogen-bond acceptors (Lipinski definition) is 7. The molecule has 0 radical (unpaired) electrons. The highest BCUT2D eigenvalue weighted by molar-refractivity contribution is 7.13. The van der Waals surface area contributed by atoms with Gasteiger partial charge in [0.25, 0.3) is 0 Å². The van der Waals surface area contributed by atoms with Crippen LogP contribution >= 0.6 is 23.7 Å². The van der Waals surface area contributed by atoms with E-state index in [0.29, 0.717) is 24.0 Å². The number of hydrogen-bond donors (Lipinski definition) is 1. The van der Waals surface area contributed by atoms with E-state index in [9.17, 15) is 0 Å². The van der Waals surface area contributed by atoms with E-state index in [1.54, 1.807) is 11.3 Å². The average molecular weight is 367 g/mol. The van der Waals surface area contributed by atoms with Gasteiger partial charge in [-0.2, -0.15) is 4.98 Å². The summed E-state index contributed by atoms with van der Waals surface area (Å²) in [6.07, 6.45) is 4.53. The van der Waals surface area contributed by atoms with Gasteiger partial charge in [-0.1, -0.05) is 24.1 Å². The van der Waals surface area contributed by atoms with Crippen molar-refractivity contribution in [3.05, 3.63) is 40.7 Å². The third-order valence-corrected chi connectivity index (χ3v) is 5.21. The smallest absolute Gasteiger partial charge is 0.236 e. The van der Waals surface area contributed by atoms with Crippen molar-refractivity contribution in [2.75, 3.05) is 0 Å². The molecule has 4 rings (SSSR count). The number of nitrogens with zero attached hydrogens (tertiary/aromatic N) is 3. The first kappa shape index (κ1) is 17.1. The van der Waals surface area contributed by atoms with E-state index in [1.807, 2.05) is 24.4 Å². The molecule has 0 aromatic carbocycles. The quantitative estimate of drug-likeness (QED) is 0.754. The maximum absolute atomic E-state index is 6.37. The van der Waals surface area contributed by atoms with Gasteiger partial charge in [0.15, 0.2) is 5.82 Å². The lowest BCUT2D eigenvalue weighted by Gasteiger charge is -2.17. The zero-order valence-corrected chi connectivity index (χ0v) is 15.0. The lowest BCUT2D eigenvalue weighted by atomic mass is 9.99. The minimum atomic E-state index is -0.428. The molecule has 8 heteroatoms. The predicted octanol–water partition coefficient (Wildman–Crippen LogP) is 3.84. The van der Waals surface area contributed by atoms with Crippen molar-refractivity contribution in [2.45, 2.75) is 44.6 Å². The summed E-state index contributed by atoms with van der Waals surface area (Å²) in [5.41, 5.74) is 6.76. The van der Waals surface area contributed by atoms with Crippen LogP contribution in [0, 0.1) is 6.92 Å². The van der Waals surface area contributed by atoms with Gasteiger partial charge < -0.3 is 14.7 Å². The van der Waals surface area contributed by atoms with Crippen LogP contribution in [0.5, 0.6) is 0 Å². The Morgan fingerprint density at radius 1 is 1.29 bits per heavy atom.